The zero-order chi connectivity index (χ0) is 14.8. The molecule has 0 aliphatic rings. The van der Waals surface area contributed by atoms with Gasteiger partial charge in [-0.3, -0.25) is 0 Å². The number of hydrogen-bond acceptors (Lipinski definition) is 4. The summed E-state index contributed by atoms with van der Waals surface area (Å²) < 4.78 is 30.1. The number of rotatable bonds is 4. The topological polar surface area (TPSA) is 69.4 Å². The highest BCUT2D eigenvalue weighted by molar-refractivity contribution is 7.90. The molecule has 106 valence electrons. The number of benzene rings is 2. The summed E-state index contributed by atoms with van der Waals surface area (Å²) in [5, 5.41) is 0. The summed E-state index contributed by atoms with van der Waals surface area (Å²) >= 11 is 0. The third kappa shape index (κ3) is 2.93. The van der Waals surface area contributed by atoms with E-state index >= 15 is 0 Å². The molecule has 0 unspecified atom stereocenters. The van der Waals surface area contributed by atoms with E-state index in [1.165, 1.54) is 13.2 Å². The van der Waals surface area contributed by atoms with Crippen molar-refractivity contribution in [2.75, 3.05) is 12.8 Å². The van der Waals surface area contributed by atoms with E-state index in [9.17, 15) is 8.42 Å². The molecule has 0 heterocycles. The molecular formula is C15H17NO3S. The molecule has 0 radical (unpaired) electrons. The van der Waals surface area contributed by atoms with E-state index in [0.29, 0.717) is 17.0 Å². The van der Waals surface area contributed by atoms with Gasteiger partial charge in [0, 0.05) is 11.3 Å². The standard InChI is InChI=1S/C15H17NO3S/c1-11-9-13(7-8-14(11)16)20(17,18)10-12-5-3-4-6-15(12)19-2/h3-9H,10,16H2,1-2H3. The number of nitrogens with two attached hydrogens (primary N) is 1. The van der Waals surface area contributed by atoms with Crippen molar-refractivity contribution in [3.8, 4) is 5.75 Å². The van der Waals surface area contributed by atoms with Crippen molar-refractivity contribution in [1.82, 2.24) is 0 Å². The molecular weight excluding hydrogens is 274 g/mol. The molecule has 2 N–H and O–H groups in total. The van der Waals surface area contributed by atoms with E-state index in [2.05, 4.69) is 0 Å². The van der Waals surface area contributed by atoms with Gasteiger partial charge in [-0.1, -0.05) is 18.2 Å². The van der Waals surface area contributed by atoms with Gasteiger partial charge in [0.25, 0.3) is 0 Å². The molecule has 4 nitrogen and oxygen atoms in total. The van der Waals surface area contributed by atoms with Crippen LogP contribution in [-0.4, -0.2) is 15.5 Å². The van der Waals surface area contributed by atoms with Crippen LogP contribution in [0.25, 0.3) is 0 Å². The van der Waals surface area contributed by atoms with Crippen LogP contribution in [0.1, 0.15) is 11.1 Å². The second kappa shape index (κ2) is 5.54. The van der Waals surface area contributed by atoms with E-state index in [1.807, 2.05) is 6.07 Å². The van der Waals surface area contributed by atoms with Gasteiger partial charge in [0.05, 0.1) is 17.8 Å². The summed E-state index contributed by atoms with van der Waals surface area (Å²) in [4.78, 5) is 0.273. The summed E-state index contributed by atoms with van der Waals surface area (Å²) in [5.74, 6) is 0.476. The van der Waals surface area contributed by atoms with Gasteiger partial charge in [-0.15, -0.1) is 0 Å². The Balaban J connectivity index is 2.38. The Bertz CT molecular complexity index is 724. The second-order valence-electron chi connectivity index (χ2n) is 4.59. The summed E-state index contributed by atoms with van der Waals surface area (Å²) in [5.41, 5.74) is 7.70. The molecule has 0 bridgehead atoms. The molecule has 0 saturated heterocycles. The minimum atomic E-state index is -3.42. The van der Waals surface area contributed by atoms with E-state index < -0.39 is 9.84 Å². The van der Waals surface area contributed by atoms with Crippen LogP contribution in [0.5, 0.6) is 5.75 Å². The first-order valence-electron chi connectivity index (χ1n) is 6.15. The van der Waals surface area contributed by atoms with Gasteiger partial charge < -0.3 is 10.5 Å². The summed E-state index contributed by atoms with van der Waals surface area (Å²) in [6.45, 7) is 1.79. The van der Waals surface area contributed by atoms with Crippen molar-refractivity contribution in [1.29, 1.82) is 0 Å². The first kappa shape index (κ1) is 14.4. The monoisotopic (exact) mass is 291 g/mol. The van der Waals surface area contributed by atoms with Crippen molar-refractivity contribution >= 4 is 15.5 Å². The fraction of sp³-hybridized carbons (Fsp3) is 0.200. The van der Waals surface area contributed by atoms with Crippen LogP contribution in [0.15, 0.2) is 47.4 Å². The molecule has 0 aliphatic heterocycles. The smallest absolute Gasteiger partial charge is 0.182 e. The lowest BCUT2D eigenvalue weighted by Gasteiger charge is -2.10. The molecule has 0 atom stereocenters. The summed E-state index contributed by atoms with van der Waals surface area (Å²) in [6.07, 6.45) is 0. The minimum Gasteiger partial charge on any atom is -0.496 e. The van der Waals surface area contributed by atoms with Crippen molar-refractivity contribution in [3.05, 3.63) is 53.6 Å². The van der Waals surface area contributed by atoms with E-state index in [1.54, 1.807) is 37.3 Å². The normalized spacial score (nSPS) is 11.3. The second-order valence-corrected chi connectivity index (χ2v) is 6.58. The molecule has 20 heavy (non-hydrogen) atoms. The predicted molar refractivity (Wildman–Crippen MR) is 79.5 cm³/mol. The minimum absolute atomic E-state index is 0.0969. The predicted octanol–water partition coefficient (Wildman–Crippen LogP) is 2.56. The Kier molecular flexibility index (Phi) is 3.99. The number of methoxy groups -OCH3 is 1. The van der Waals surface area contributed by atoms with Crippen LogP contribution in [0.2, 0.25) is 0 Å². The van der Waals surface area contributed by atoms with Crippen LogP contribution in [-0.2, 0) is 15.6 Å². The van der Waals surface area contributed by atoms with Crippen molar-refractivity contribution in [3.63, 3.8) is 0 Å². The number of aryl methyl sites for hydroxylation is 1. The van der Waals surface area contributed by atoms with Gasteiger partial charge in [-0.2, -0.15) is 0 Å². The van der Waals surface area contributed by atoms with Crippen LogP contribution >= 0.6 is 0 Å². The third-order valence-electron chi connectivity index (χ3n) is 3.14. The van der Waals surface area contributed by atoms with Gasteiger partial charge in [0.15, 0.2) is 9.84 Å². The Hall–Kier alpha value is -2.01. The maximum atomic E-state index is 12.4. The molecule has 0 aromatic heterocycles. The zero-order valence-corrected chi connectivity index (χ0v) is 12.3. The fourth-order valence-corrected chi connectivity index (χ4v) is 3.40. The molecule has 2 aromatic rings. The first-order chi connectivity index (χ1) is 9.44. The maximum Gasteiger partial charge on any atom is 0.182 e. The molecule has 0 amide bonds. The highest BCUT2D eigenvalue weighted by Gasteiger charge is 2.18. The van der Waals surface area contributed by atoms with E-state index in [-0.39, 0.29) is 10.6 Å². The lowest BCUT2D eigenvalue weighted by atomic mass is 10.2. The molecule has 0 saturated carbocycles. The van der Waals surface area contributed by atoms with Gasteiger partial charge >= 0.3 is 0 Å². The van der Waals surface area contributed by atoms with Gasteiger partial charge in [-0.25, -0.2) is 8.42 Å². The average molecular weight is 291 g/mol. The number of hydrogen-bond donors (Lipinski definition) is 1. The van der Waals surface area contributed by atoms with Crippen molar-refractivity contribution < 1.29 is 13.2 Å². The molecule has 5 heteroatoms. The highest BCUT2D eigenvalue weighted by atomic mass is 32.2. The lowest BCUT2D eigenvalue weighted by Crippen LogP contribution is -2.07. The number of sulfone groups is 1. The Labute approximate surface area is 119 Å². The average Bonchev–Trinajstić information content (AvgIpc) is 2.42. The van der Waals surface area contributed by atoms with Crippen LogP contribution in [0.4, 0.5) is 5.69 Å². The van der Waals surface area contributed by atoms with Crippen LogP contribution in [0.3, 0.4) is 0 Å². The summed E-state index contributed by atoms with van der Waals surface area (Å²) in [7, 11) is -1.89. The largest absolute Gasteiger partial charge is 0.496 e. The summed E-state index contributed by atoms with van der Waals surface area (Å²) in [6, 6.07) is 11.8. The Morgan fingerprint density at radius 2 is 1.85 bits per heavy atom. The zero-order valence-electron chi connectivity index (χ0n) is 11.5. The lowest BCUT2D eigenvalue weighted by molar-refractivity contribution is 0.411. The molecule has 2 rings (SSSR count). The Morgan fingerprint density at radius 1 is 1.15 bits per heavy atom. The Morgan fingerprint density at radius 3 is 2.50 bits per heavy atom. The molecule has 0 aliphatic carbocycles. The van der Waals surface area contributed by atoms with Gasteiger partial charge in [-0.05, 0) is 36.8 Å². The number of anilines is 1. The number of ether oxygens (including phenoxy) is 1. The number of para-hydroxylation sites is 1. The maximum absolute atomic E-state index is 12.4. The van der Waals surface area contributed by atoms with E-state index in [0.717, 1.165) is 5.56 Å². The van der Waals surface area contributed by atoms with Gasteiger partial charge in [0.2, 0.25) is 0 Å². The molecule has 0 spiro atoms. The third-order valence-corrected chi connectivity index (χ3v) is 4.80. The number of nitrogen functional groups attached to an aromatic ring is 1. The van der Waals surface area contributed by atoms with Crippen molar-refractivity contribution in [2.45, 2.75) is 17.6 Å². The fourth-order valence-electron chi connectivity index (χ4n) is 1.95. The first-order valence-corrected chi connectivity index (χ1v) is 7.80. The molecule has 0 fully saturated rings. The van der Waals surface area contributed by atoms with E-state index in [4.69, 9.17) is 10.5 Å². The molecule has 2 aromatic carbocycles. The van der Waals surface area contributed by atoms with Crippen molar-refractivity contribution in [2.24, 2.45) is 0 Å². The van der Waals surface area contributed by atoms with Crippen LogP contribution in [0, 0.1) is 6.92 Å². The highest BCUT2D eigenvalue weighted by Crippen LogP contribution is 2.25. The van der Waals surface area contributed by atoms with Crippen LogP contribution < -0.4 is 10.5 Å². The SMILES string of the molecule is COc1ccccc1CS(=O)(=O)c1ccc(N)c(C)c1. The van der Waals surface area contributed by atoms with Gasteiger partial charge in [0.1, 0.15) is 5.75 Å². The quantitative estimate of drug-likeness (QED) is 0.879.